The van der Waals surface area contributed by atoms with Gasteiger partial charge in [-0.1, -0.05) is 117 Å². The van der Waals surface area contributed by atoms with Gasteiger partial charge in [-0.2, -0.15) is 0 Å². The summed E-state index contributed by atoms with van der Waals surface area (Å²) in [7, 11) is 0. The molecule has 4 unspecified atom stereocenters. The lowest BCUT2D eigenvalue weighted by Gasteiger charge is -2.35. The van der Waals surface area contributed by atoms with E-state index in [-0.39, 0.29) is 19.3 Å². The summed E-state index contributed by atoms with van der Waals surface area (Å²) in [6.45, 7) is 5.51. The molecule has 0 fully saturated rings. The van der Waals surface area contributed by atoms with Gasteiger partial charge in [-0.3, -0.25) is 14.4 Å². The van der Waals surface area contributed by atoms with E-state index in [1.165, 1.54) is 0 Å². The molecular weight excluding hydrogens is 512 g/mol. The maximum atomic E-state index is 13.1. The van der Waals surface area contributed by atoms with Gasteiger partial charge < -0.3 is 25.2 Å². The highest BCUT2D eigenvalue weighted by atomic mass is 16.5. The fourth-order valence-electron chi connectivity index (χ4n) is 4.80. The van der Waals surface area contributed by atoms with Crippen molar-refractivity contribution in [3.63, 3.8) is 0 Å². The second kappa shape index (κ2) is 24.3. The highest BCUT2D eigenvalue weighted by Gasteiger charge is 2.49. The molecule has 40 heavy (non-hydrogen) atoms. The Morgan fingerprint density at radius 3 is 1.48 bits per heavy atom. The number of rotatable bonds is 28. The van der Waals surface area contributed by atoms with Crippen molar-refractivity contribution in [1.29, 1.82) is 0 Å². The lowest BCUT2D eigenvalue weighted by Crippen LogP contribution is -2.61. The quantitative estimate of drug-likeness (QED) is 0.0688. The number of Topliss-reactive ketones (excluding diaryl/α,β-unsaturated/α-hetero) is 2. The van der Waals surface area contributed by atoms with Crippen LogP contribution >= 0.6 is 0 Å². The van der Waals surface area contributed by atoms with Crippen LogP contribution in [-0.4, -0.2) is 68.5 Å². The maximum absolute atomic E-state index is 13.1. The average Bonchev–Trinajstić information content (AvgIpc) is 2.95. The SMILES string of the molecule is CCCCCCCCC(=O)OCC(O)(C(=O)CCCCCCCC)C(O)C(O)C(O)C(=O)CCCCCCCC. The molecule has 4 N–H and O–H groups in total. The molecule has 0 saturated carbocycles. The zero-order valence-electron chi connectivity index (χ0n) is 25.7. The van der Waals surface area contributed by atoms with Gasteiger partial charge in [-0.05, 0) is 19.3 Å². The molecule has 0 aromatic carbocycles. The van der Waals surface area contributed by atoms with Crippen LogP contribution in [-0.2, 0) is 19.1 Å². The van der Waals surface area contributed by atoms with Crippen LogP contribution in [0.1, 0.15) is 156 Å². The summed E-state index contributed by atoms with van der Waals surface area (Å²) in [5.41, 5.74) is -2.62. The van der Waals surface area contributed by atoms with Crippen molar-refractivity contribution in [3.05, 3.63) is 0 Å². The second-order valence-corrected chi connectivity index (χ2v) is 11.4. The molecule has 0 heterocycles. The molecule has 0 aliphatic heterocycles. The summed E-state index contributed by atoms with van der Waals surface area (Å²) in [6.07, 6.45) is 10.7. The first-order chi connectivity index (χ1) is 19.1. The van der Waals surface area contributed by atoms with Gasteiger partial charge >= 0.3 is 5.97 Å². The van der Waals surface area contributed by atoms with Crippen molar-refractivity contribution < 1.29 is 39.5 Å². The third-order valence-corrected chi connectivity index (χ3v) is 7.67. The number of carbonyl (C=O) groups is 3. The van der Waals surface area contributed by atoms with Crippen molar-refractivity contribution >= 4 is 17.5 Å². The first-order valence-corrected chi connectivity index (χ1v) is 16.1. The van der Waals surface area contributed by atoms with Gasteiger partial charge in [-0.15, -0.1) is 0 Å². The Morgan fingerprint density at radius 2 is 1.00 bits per heavy atom. The van der Waals surface area contributed by atoms with E-state index in [2.05, 4.69) is 20.8 Å². The molecule has 0 radical (unpaired) electrons. The van der Waals surface area contributed by atoms with Crippen molar-refractivity contribution in [2.45, 2.75) is 180 Å². The number of esters is 1. The highest BCUT2D eigenvalue weighted by molar-refractivity contribution is 5.89. The summed E-state index contributed by atoms with van der Waals surface area (Å²) >= 11 is 0. The zero-order valence-corrected chi connectivity index (χ0v) is 25.7. The molecule has 0 rings (SSSR count). The maximum Gasteiger partial charge on any atom is 0.305 e. The summed E-state index contributed by atoms with van der Waals surface area (Å²) in [4.78, 5) is 37.9. The Bertz CT molecular complexity index is 667. The molecule has 0 spiro atoms. The van der Waals surface area contributed by atoms with Gasteiger partial charge in [0.1, 0.15) is 24.9 Å². The molecule has 236 valence electrons. The standard InChI is InChI=1S/C32H60O8/c1-4-7-10-13-16-19-22-26(33)29(36)30(37)31(38)32(39,27(34)23-20-17-14-11-8-5-2)25-40-28(35)24-21-18-15-12-9-6-3/h29-31,36-39H,4-25H2,1-3H3. The summed E-state index contributed by atoms with van der Waals surface area (Å²) in [6, 6.07) is 0. The topological polar surface area (TPSA) is 141 Å². The van der Waals surface area contributed by atoms with E-state index < -0.39 is 48.1 Å². The normalized spacial score (nSPS) is 15.3. The predicted octanol–water partition coefficient (Wildman–Crippen LogP) is 5.73. The molecule has 0 saturated heterocycles. The Kier molecular flexibility index (Phi) is 23.4. The number of carbonyl (C=O) groups excluding carboxylic acids is 3. The Balaban J connectivity index is 5.12. The number of ketones is 2. The summed E-state index contributed by atoms with van der Waals surface area (Å²) < 4.78 is 5.19. The van der Waals surface area contributed by atoms with Crippen molar-refractivity contribution in [1.82, 2.24) is 0 Å². The molecule has 0 aromatic heterocycles. The summed E-state index contributed by atoms with van der Waals surface area (Å²) in [5, 5.41) is 43.1. The Morgan fingerprint density at radius 1 is 0.600 bits per heavy atom. The van der Waals surface area contributed by atoms with Crippen LogP contribution in [0.25, 0.3) is 0 Å². The van der Waals surface area contributed by atoms with Crippen molar-refractivity contribution in [2.24, 2.45) is 0 Å². The van der Waals surface area contributed by atoms with E-state index in [4.69, 9.17) is 4.74 Å². The first-order valence-electron chi connectivity index (χ1n) is 16.1. The van der Waals surface area contributed by atoms with Crippen LogP contribution in [0.15, 0.2) is 0 Å². The molecule has 0 aromatic rings. The molecule has 0 aliphatic rings. The largest absolute Gasteiger partial charge is 0.462 e. The van der Waals surface area contributed by atoms with E-state index in [1.54, 1.807) is 0 Å². The second-order valence-electron chi connectivity index (χ2n) is 11.4. The van der Waals surface area contributed by atoms with Crippen LogP contribution in [0.4, 0.5) is 0 Å². The lowest BCUT2D eigenvalue weighted by molar-refractivity contribution is -0.190. The van der Waals surface area contributed by atoms with Crippen molar-refractivity contribution in [3.8, 4) is 0 Å². The minimum absolute atomic E-state index is 0.0223. The van der Waals surface area contributed by atoms with Crippen LogP contribution in [0.3, 0.4) is 0 Å². The number of unbranched alkanes of at least 4 members (excludes halogenated alkanes) is 15. The third kappa shape index (κ3) is 16.8. The van der Waals surface area contributed by atoms with Gasteiger partial charge in [0, 0.05) is 19.3 Å². The fourth-order valence-corrected chi connectivity index (χ4v) is 4.80. The Labute approximate surface area is 243 Å². The first kappa shape index (κ1) is 38.6. The minimum atomic E-state index is -2.62. The van der Waals surface area contributed by atoms with E-state index >= 15 is 0 Å². The number of hydrogen-bond acceptors (Lipinski definition) is 8. The van der Waals surface area contributed by atoms with E-state index in [1.807, 2.05) is 0 Å². The third-order valence-electron chi connectivity index (χ3n) is 7.67. The molecule has 0 aliphatic carbocycles. The number of hydrogen-bond donors (Lipinski definition) is 4. The van der Waals surface area contributed by atoms with E-state index in [9.17, 15) is 34.8 Å². The average molecular weight is 573 g/mol. The van der Waals surface area contributed by atoms with Crippen LogP contribution in [0, 0.1) is 0 Å². The number of ether oxygens (including phenoxy) is 1. The molecule has 8 nitrogen and oxygen atoms in total. The smallest absolute Gasteiger partial charge is 0.305 e. The number of aliphatic hydroxyl groups is 4. The predicted molar refractivity (Wildman–Crippen MR) is 158 cm³/mol. The molecule has 0 amide bonds. The van der Waals surface area contributed by atoms with Crippen LogP contribution < -0.4 is 0 Å². The van der Waals surface area contributed by atoms with Gasteiger partial charge in [-0.25, -0.2) is 0 Å². The summed E-state index contributed by atoms with van der Waals surface area (Å²) in [5.74, 6) is -2.05. The minimum Gasteiger partial charge on any atom is -0.462 e. The highest BCUT2D eigenvalue weighted by Crippen LogP contribution is 2.23. The van der Waals surface area contributed by atoms with Crippen molar-refractivity contribution in [2.75, 3.05) is 6.61 Å². The fraction of sp³-hybridized carbons (Fsp3) is 0.906. The molecular formula is C32H60O8. The lowest BCUT2D eigenvalue weighted by atomic mass is 9.83. The molecule has 0 bridgehead atoms. The zero-order chi connectivity index (χ0) is 30.2. The van der Waals surface area contributed by atoms with Gasteiger partial charge in [0.25, 0.3) is 0 Å². The van der Waals surface area contributed by atoms with Gasteiger partial charge in [0.2, 0.25) is 0 Å². The van der Waals surface area contributed by atoms with Gasteiger partial charge in [0.05, 0.1) is 0 Å². The van der Waals surface area contributed by atoms with E-state index in [0.717, 1.165) is 96.3 Å². The van der Waals surface area contributed by atoms with Crippen LogP contribution in [0.2, 0.25) is 0 Å². The van der Waals surface area contributed by atoms with Gasteiger partial charge in [0.15, 0.2) is 17.2 Å². The molecule has 4 atom stereocenters. The number of aliphatic hydroxyl groups excluding tert-OH is 3. The Hall–Kier alpha value is -1.35. The van der Waals surface area contributed by atoms with Crippen LogP contribution in [0.5, 0.6) is 0 Å². The van der Waals surface area contributed by atoms with E-state index in [0.29, 0.717) is 19.3 Å². The monoisotopic (exact) mass is 572 g/mol. The molecule has 8 heteroatoms.